The number of carbonyl (C=O) groups is 2. The number of amides is 1. The molecule has 0 spiro atoms. The first kappa shape index (κ1) is 28.1. The molecule has 0 saturated heterocycles. The summed E-state index contributed by atoms with van der Waals surface area (Å²) >= 11 is 0. The van der Waals surface area contributed by atoms with Gasteiger partial charge in [0.05, 0.1) is 24.8 Å². The second kappa shape index (κ2) is 14.3. The molecule has 2 unspecified atom stereocenters. The summed E-state index contributed by atoms with van der Waals surface area (Å²) in [6.45, 7) is 3.78. The molecule has 3 rings (SSSR count). The minimum Gasteiger partial charge on any atom is -0.465 e. The van der Waals surface area contributed by atoms with E-state index in [1.165, 1.54) is 12.6 Å². The summed E-state index contributed by atoms with van der Waals surface area (Å²) in [5.41, 5.74) is 2.21. The Kier molecular flexibility index (Phi) is 10.8. The highest BCUT2D eigenvalue weighted by molar-refractivity contribution is 5.92. The molecule has 0 radical (unpaired) electrons. The van der Waals surface area contributed by atoms with Crippen LogP contribution in [0.25, 0.3) is 11.1 Å². The lowest BCUT2D eigenvalue weighted by Gasteiger charge is -2.30. The fourth-order valence-corrected chi connectivity index (χ4v) is 4.29. The molecular weight excluding hydrogens is 468 g/mol. The third-order valence-corrected chi connectivity index (χ3v) is 6.55. The second-order valence-electron chi connectivity index (χ2n) is 9.77. The molecule has 0 bridgehead atoms. The molecular formula is C29H38N4O4. The SMILES string of the molecule is CCCCCCCOC(=O)C(C)(CO)CC(Cc1ccc(-c2ccccc2)cc1)NC(=O)c1cn[nH]n1. The Labute approximate surface area is 218 Å². The first-order chi connectivity index (χ1) is 17.9. The zero-order valence-electron chi connectivity index (χ0n) is 21.8. The number of hydrogen-bond donors (Lipinski definition) is 3. The van der Waals surface area contributed by atoms with E-state index in [0.29, 0.717) is 13.0 Å². The van der Waals surface area contributed by atoms with Crippen LogP contribution in [0.4, 0.5) is 0 Å². The fraction of sp³-hybridized carbons (Fsp3) is 0.448. The average molecular weight is 507 g/mol. The highest BCUT2D eigenvalue weighted by Crippen LogP contribution is 2.27. The molecule has 1 aromatic heterocycles. The van der Waals surface area contributed by atoms with Crippen LogP contribution >= 0.6 is 0 Å². The summed E-state index contributed by atoms with van der Waals surface area (Å²) in [5.74, 6) is -0.852. The molecule has 1 amide bonds. The van der Waals surface area contributed by atoms with Gasteiger partial charge >= 0.3 is 5.97 Å². The Balaban J connectivity index is 1.69. The monoisotopic (exact) mass is 506 g/mol. The molecule has 8 heteroatoms. The van der Waals surface area contributed by atoms with E-state index in [2.05, 4.69) is 39.8 Å². The number of aliphatic hydroxyl groups is 1. The zero-order chi connectivity index (χ0) is 26.5. The van der Waals surface area contributed by atoms with Crippen LogP contribution in [0.5, 0.6) is 0 Å². The van der Waals surface area contributed by atoms with Gasteiger partial charge in [-0.25, -0.2) is 0 Å². The van der Waals surface area contributed by atoms with E-state index >= 15 is 0 Å². The van der Waals surface area contributed by atoms with Crippen LogP contribution in [0.2, 0.25) is 0 Å². The number of aromatic nitrogens is 3. The van der Waals surface area contributed by atoms with Gasteiger partial charge in [0.2, 0.25) is 0 Å². The maximum atomic E-state index is 13.0. The van der Waals surface area contributed by atoms with Gasteiger partial charge in [0.15, 0.2) is 5.69 Å². The number of rotatable bonds is 15. The predicted octanol–water partition coefficient (Wildman–Crippen LogP) is 4.72. The van der Waals surface area contributed by atoms with Crippen LogP contribution in [-0.4, -0.2) is 51.6 Å². The van der Waals surface area contributed by atoms with Crippen molar-refractivity contribution < 1.29 is 19.4 Å². The predicted molar refractivity (Wildman–Crippen MR) is 143 cm³/mol. The molecule has 1 heterocycles. The summed E-state index contributed by atoms with van der Waals surface area (Å²) < 4.78 is 5.53. The van der Waals surface area contributed by atoms with Gasteiger partial charge in [-0.05, 0) is 42.9 Å². The van der Waals surface area contributed by atoms with Gasteiger partial charge in [-0.1, -0.05) is 87.2 Å². The lowest BCUT2D eigenvalue weighted by Crippen LogP contribution is -2.44. The first-order valence-electron chi connectivity index (χ1n) is 13.0. The van der Waals surface area contributed by atoms with Crippen molar-refractivity contribution in [2.24, 2.45) is 5.41 Å². The molecule has 2 atom stereocenters. The largest absolute Gasteiger partial charge is 0.465 e. The summed E-state index contributed by atoms with van der Waals surface area (Å²) in [4.78, 5) is 25.7. The Hall–Kier alpha value is -3.52. The zero-order valence-corrected chi connectivity index (χ0v) is 21.8. The van der Waals surface area contributed by atoms with E-state index in [-0.39, 0.29) is 18.7 Å². The van der Waals surface area contributed by atoms with Gasteiger partial charge < -0.3 is 15.2 Å². The van der Waals surface area contributed by atoms with Gasteiger partial charge in [0, 0.05) is 6.04 Å². The molecule has 0 aliphatic rings. The number of aromatic amines is 1. The lowest BCUT2D eigenvalue weighted by molar-refractivity contribution is -0.158. The first-order valence-corrected chi connectivity index (χ1v) is 13.0. The Morgan fingerprint density at radius 2 is 1.73 bits per heavy atom. The molecule has 8 nitrogen and oxygen atoms in total. The number of H-pyrrole nitrogens is 1. The summed E-state index contributed by atoms with van der Waals surface area (Å²) in [6.07, 6.45) is 7.27. The van der Waals surface area contributed by atoms with Gasteiger partial charge in [0.1, 0.15) is 0 Å². The normalized spacial score (nSPS) is 13.5. The highest BCUT2D eigenvalue weighted by atomic mass is 16.5. The van der Waals surface area contributed by atoms with E-state index in [1.54, 1.807) is 6.92 Å². The van der Waals surface area contributed by atoms with Crippen molar-refractivity contribution in [3.05, 3.63) is 72.1 Å². The molecule has 0 aliphatic heterocycles. The standard InChI is InChI=1S/C29H38N4O4/c1-3-4-5-6-10-17-37-28(36)29(2,21-34)19-25(31-27(35)26-20-30-33-32-26)18-22-13-15-24(16-14-22)23-11-8-7-9-12-23/h7-9,11-16,20,25,34H,3-6,10,17-19,21H2,1-2H3,(H,31,35)(H,30,32,33). The topological polar surface area (TPSA) is 117 Å². The third-order valence-electron chi connectivity index (χ3n) is 6.55. The van der Waals surface area contributed by atoms with E-state index in [0.717, 1.165) is 42.4 Å². The number of esters is 1. The maximum absolute atomic E-state index is 13.0. The van der Waals surface area contributed by atoms with Gasteiger partial charge in [-0.2, -0.15) is 15.4 Å². The van der Waals surface area contributed by atoms with Crippen LogP contribution in [0, 0.1) is 5.41 Å². The fourth-order valence-electron chi connectivity index (χ4n) is 4.29. The quantitative estimate of drug-likeness (QED) is 0.203. The minimum atomic E-state index is -1.16. The van der Waals surface area contributed by atoms with E-state index in [9.17, 15) is 14.7 Å². The van der Waals surface area contributed by atoms with Crippen molar-refractivity contribution in [3.63, 3.8) is 0 Å². The van der Waals surface area contributed by atoms with Crippen molar-refractivity contribution in [1.82, 2.24) is 20.7 Å². The van der Waals surface area contributed by atoms with Crippen LogP contribution in [-0.2, 0) is 16.0 Å². The highest BCUT2D eigenvalue weighted by Gasteiger charge is 2.37. The van der Waals surface area contributed by atoms with Gasteiger partial charge in [0.25, 0.3) is 5.91 Å². The van der Waals surface area contributed by atoms with Gasteiger partial charge in [-0.15, -0.1) is 0 Å². The van der Waals surface area contributed by atoms with E-state index in [1.807, 2.05) is 42.5 Å². The number of benzene rings is 2. The maximum Gasteiger partial charge on any atom is 0.314 e. The van der Waals surface area contributed by atoms with Gasteiger partial charge in [-0.3, -0.25) is 9.59 Å². The Morgan fingerprint density at radius 1 is 1.03 bits per heavy atom. The van der Waals surface area contributed by atoms with E-state index in [4.69, 9.17) is 4.74 Å². The average Bonchev–Trinajstić information content (AvgIpc) is 3.47. The van der Waals surface area contributed by atoms with Crippen LogP contribution in [0.3, 0.4) is 0 Å². The number of aliphatic hydroxyl groups excluding tert-OH is 1. The van der Waals surface area contributed by atoms with Crippen molar-refractivity contribution in [2.45, 2.75) is 64.8 Å². The third kappa shape index (κ3) is 8.53. The molecule has 3 N–H and O–H groups in total. The molecule has 0 aliphatic carbocycles. The molecule has 0 saturated carbocycles. The number of unbranched alkanes of at least 4 members (excludes halogenated alkanes) is 4. The molecule has 37 heavy (non-hydrogen) atoms. The molecule has 2 aromatic carbocycles. The molecule has 198 valence electrons. The smallest absolute Gasteiger partial charge is 0.314 e. The summed E-state index contributed by atoms with van der Waals surface area (Å²) in [5, 5.41) is 23.1. The van der Waals surface area contributed by atoms with Crippen LogP contribution < -0.4 is 5.32 Å². The number of hydrogen-bond acceptors (Lipinski definition) is 6. The minimum absolute atomic E-state index is 0.157. The summed E-state index contributed by atoms with van der Waals surface area (Å²) in [7, 11) is 0. The Morgan fingerprint density at radius 3 is 2.38 bits per heavy atom. The van der Waals surface area contributed by atoms with Crippen LogP contribution in [0.1, 0.15) is 68.4 Å². The lowest BCUT2D eigenvalue weighted by atomic mass is 9.82. The second-order valence-corrected chi connectivity index (χ2v) is 9.77. The van der Waals surface area contributed by atoms with Crippen molar-refractivity contribution in [1.29, 1.82) is 0 Å². The summed E-state index contributed by atoms with van der Waals surface area (Å²) in [6, 6.07) is 17.8. The Bertz CT molecular complexity index is 1090. The molecule has 0 fully saturated rings. The van der Waals surface area contributed by atoms with Crippen LogP contribution in [0.15, 0.2) is 60.8 Å². The van der Waals surface area contributed by atoms with E-state index < -0.39 is 23.3 Å². The number of nitrogens with one attached hydrogen (secondary N) is 2. The van der Waals surface area contributed by atoms with Crippen molar-refractivity contribution in [2.75, 3.05) is 13.2 Å². The molecule has 3 aromatic rings. The van der Waals surface area contributed by atoms with Crippen molar-refractivity contribution in [3.8, 4) is 11.1 Å². The number of ether oxygens (including phenoxy) is 1. The number of nitrogens with zero attached hydrogens (tertiary/aromatic N) is 2. The van der Waals surface area contributed by atoms with Crippen molar-refractivity contribution >= 4 is 11.9 Å². The number of carbonyl (C=O) groups excluding carboxylic acids is 2.